The van der Waals surface area contributed by atoms with Crippen LogP contribution in [0.1, 0.15) is 69.8 Å². The molecule has 2 aromatic rings. The molecule has 0 fully saturated rings. The van der Waals surface area contributed by atoms with Gasteiger partial charge >= 0.3 is 0 Å². The molecule has 0 unspecified atom stereocenters. The summed E-state index contributed by atoms with van der Waals surface area (Å²) in [6.07, 6.45) is 9.64. The summed E-state index contributed by atoms with van der Waals surface area (Å²) in [6, 6.07) is 4.65. The van der Waals surface area contributed by atoms with E-state index in [1.165, 1.54) is 58.2 Å². The maximum atomic E-state index is 3.52. The van der Waals surface area contributed by atoms with Gasteiger partial charge in [0.15, 0.2) is 0 Å². The van der Waals surface area contributed by atoms with Crippen LogP contribution < -0.4 is 0 Å². The van der Waals surface area contributed by atoms with E-state index in [4.69, 9.17) is 0 Å². The molecule has 0 heterocycles. The molecule has 4 rings (SSSR count). The first-order valence-corrected chi connectivity index (χ1v) is 9.39. The van der Waals surface area contributed by atoms with Gasteiger partial charge in [-0.3, -0.25) is 6.08 Å². The maximum absolute atomic E-state index is 3.52. The van der Waals surface area contributed by atoms with Crippen LogP contribution in [0, 0.1) is 40.7 Å². The minimum absolute atomic E-state index is 0. The summed E-state index contributed by atoms with van der Waals surface area (Å²) in [5, 5.41) is 0. The van der Waals surface area contributed by atoms with Gasteiger partial charge < -0.3 is 0 Å². The van der Waals surface area contributed by atoms with E-state index in [0.29, 0.717) is 0 Å². The molecule has 0 saturated carbocycles. The Morgan fingerprint density at radius 3 is 2.08 bits per heavy atom. The van der Waals surface area contributed by atoms with Gasteiger partial charge in [-0.2, -0.15) is 33.4 Å². The topological polar surface area (TPSA) is 0 Å². The molecule has 0 aliphatic heterocycles. The van der Waals surface area contributed by atoms with Gasteiger partial charge in [0.1, 0.15) is 0 Å². The maximum Gasteiger partial charge on any atom is 0 e. The Morgan fingerprint density at radius 2 is 1.56 bits per heavy atom. The van der Waals surface area contributed by atoms with Crippen molar-refractivity contribution < 1.29 is 25.8 Å². The van der Waals surface area contributed by atoms with E-state index in [-0.39, 0.29) is 25.8 Å². The Morgan fingerprint density at radius 1 is 0.960 bits per heavy atom. The summed E-state index contributed by atoms with van der Waals surface area (Å²) in [5.41, 5.74) is 15.1. The van der Waals surface area contributed by atoms with E-state index in [1.807, 2.05) is 0 Å². The first kappa shape index (κ1) is 20.5. The van der Waals surface area contributed by atoms with E-state index < -0.39 is 0 Å². The van der Waals surface area contributed by atoms with Gasteiger partial charge in [-0.15, -0.1) is 17.5 Å². The first-order chi connectivity index (χ1) is 11.5. The van der Waals surface area contributed by atoms with Gasteiger partial charge in [0, 0.05) is 25.8 Å². The van der Waals surface area contributed by atoms with Crippen LogP contribution in [0.2, 0.25) is 0 Å². The zero-order valence-electron chi connectivity index (χ0n) is 16.7. The standard InChI is InChI=1S/C14H15.C10H15.Hf/c1-2-10-6-8-12-9-7-11-4-3-5-13(11)14(10)12;1-6-7(2)9(4)10(5)8(6)3;/h7,9H,2-5,8H2,1H3;1-5H3;/q2*-1;. The fraction of sp³-hybridized carbons (Fsp3) is 0.458. The third-order valence-electron chi connectivity index (χ3n) is 6.33. The van der Waals surface area contributed by atoms with Crippen molar-refractivity contribution in [2.45, 2.75) is 73.6 Å². The third kappa shape index (κ3) is 3.68. The normalized spacial score (nSPS) is 14.2. The van der Waals surface area contributed by atoms with Gasteiger partial charge in [0.25, 0.3) is 0 Å². The Labute approximate surface area is 172 Å². The first-order valence-electron chi connectivity index (χ1n) is 9.39. The fourth-order valence-electron chi connectivity index (χ4n) is 4.24. The molecule has 25 heavy (non-hydrogen) atoms. The van der Waals surface area contributed by atoms with Crippen LogP contribution in [0.3, 0.4) is 0 Å². The van der Waals surface area contributed by atoms with Crippen LogP contribution in [0.15, 0.2) is 12.1 Å². The van der Waals surface area contributed by atoms with Crippen LogP contribution in [-0.2, 0) is 45.1 Å². The van der Waals surface area contributed by atoms with Gasteiger partial charge in [-0.1, -0.05) is 65.7 Å². The molecule has 0 atom stereocenters. The van der Waals surface area contributed by atoms with Crippen molar-refractivity contribution in [1.29, 1.82) is 0 Å². The van der Waals surface area contributed by atoms with Crippen molar-refractivity contribution in [1.82, 2.24) is 0 Å². The molecule has 0 aromatic heterocycles. The second-order valence-corrected chi connectivity index (χ2v) is 7.40. The van der Waals surface area contributed by atoms with Gasteiger partial charge in [-0.05, 0) is 19.3 Å². The quantitative estimate of drug-likeness (QED) is 0.322. The van der Waals surface area contributed by atoms with E-state index in [1.54, 1.807) is 16.7 Å². The van der Waals surface area contributed by atoms with Crippen molar-refractivity contribution in [3.05, 3.63) is 68.3 Å². The summed E-state index contributed by atoms with van der Waals surface area (Å²) in [6.45, 7) is 13.2. The van der Waals surface area contributed by atoms with Crippen molar-refractivity contribution in [3.8, 4) is 0 Å². The van der Waals surface area contributed by atoms with Gasteiger partial charge in [0.2, 0.25) is 0 Å². The summed E-state index contributed by atoms with van der Waals surface area (Å²) < 4.78 is 0. The van der Waals surface area contributed by atoms with Crippen LogP contribution in [0.4, 0.5) is 0 Å². The number of hydrogen-bond donors (Lipinski definition) is 0. The minimum atomic E-state index is 0. The number of hydrogen-bond acceptors (Lipinski definition) is 0. The second-order valence-electron chi connectivity index (χ2n) is 7.40. The smallest absolute Gasteiger partial charge is 0 e. The summed E-state index contributed by atoms with van der Waals surface area (Å²) >= 11 is 0. The number of fused-ring (bicyclic) bond motifs is 3. The average molecular weight is 497 g/mol. The third-order valence-corrected chi connectivity index (χ3v) is 6.33. The SMILES string of the molecule is CCC1=[C-]Cc2ccc3c(c21)CCC3.Cc1c(C)c(C)[c-](C)c1C.[Hf]. The number of allylic oxidation sites excluding steroid dienone is 2. The Hall–Kier alpha value is -0.820. The molecular formula is C24H30Hf-2. The monoisotopic (exact) mass is 498 g/mol. The predicted octanol–water partition coefficient (Wildman–Crippen LogP) is 6.27. The zero-order chi connectivity index (χ0) is 17.4. The summed E-state index contributed by atoms with van der Waals surface area (Å²) in [4.78, 5) is 0. The van der Waals surface area contributed by atoms with E-state index in [0.717, 1.165) is 12.8 Å². The van der Waals surface area contributed by atoms with Crippen molar-refractivity contribution in [2.24, 2.45) is 0 Å². The Kier molecular flexibility index (Phi) is 6.76. The molecule has 132 valence electrons. The predicted molar refractivity (Wildman–Crippen MR) is 105 cm³/mol. The molecule has 0 amide bonds. The second kappa shape index (κ2) is 8.25. The van der Waals surface area contributed by atoms with Crippen molar-refractivity contribution >= 4 is 5.57 Å². The molecule has 0 nitrogen and oxygen atoms in total. The van der Waals surface area contributed by atoms with Crippen molar-refractivity contribution in [2.75, 3.05) is 0 Å². The summed E-state index contributed by atoms with van der Waals surface area (Å²) in [5.74, 6) is 0. The van der Waals surface area contributed by atoms with E-state index in [9.17, 15) is 0 Å². The summed E-state index contributed by atoms with van der Waals surface area (Å²) in [7, 11) is 0. The van der Waals surface area contributed by atoms with Crippen molar-refractivity contribution in [3.63, 3.8) is 0 Å². The largest absolute Gasteiger partial charge is 0.268 e. The van der Waals surface area contributed by atoms with Crippen LogP contribution >= 0.6 is 0 Å². The molecule has 0 N–H and O–H groups in total. The zero-order valence-corrected chi connectivity index (χ0v) is 20.3. The molecule has 0 bridgehead atoms. The molecule has 0 spiro atoms. The van der Waals surface area contributed by atoms with Crippen LogP contribution in [0.5, 0.6) is 0 Å². The number of benzene rings is 1. The van der Waals surface area contributed by atoms with Gasteiger partial charge in [0.05, 0.1) is 0 Å². The average Bonchev–Trinajstić information content (AvgIpc) is 3.27. The molecule has 2 aromatic carbocycles. The van der Waals surface area contributed by atoms with E-state index >= 15 is 0 Å². The molecule has 1 heteroatoms. The Bertz CT molecular complexity index is 722. The minimum Gasteiger partial charge on any atom is -0.268 e. The number of aryl methyl sites for hydroxylation is 1. The number of rotatable bonds is 1. The molecule has 0 radical (unpaired) electrons. The molecule has 0 saturated heterocycles. The van der Waals surface area contributed by atoms with E-state index in [2.05, 4.69) is 59.8 Å². The molecule has 2 aliphatic carbocycles. The Balaban J connectivity index is 0.000000184. The molecular weight excluding hydrogens is 467 g/mol. The molecule has 2 aliphatic rings. The van der Waals surface area contributed by atoms with Gasteiger partial charge in [-0.25, -0.2) is 5.57 Å². The van der Waals surface area contributed by atoms with Crippen LogP contribution in [0.25, 0.3) is 5.57 Å². The fourth-order valence-corrected chi connectivity index (χ4v) is 4.24. The van der Waals surface area contributed by atoms with Crippen LogP contribution in [-0.4, -0.2) is 0 Å².